The third kappa shape index (κ3) is 1.57. The molecule has 0 bridgehead atoms. The Labute approximate surface area is 72.1 Å². The van der Waals surface area contributed by atoms with Crippen molar-refractivity contribution in [3.05, 3.63) is 0 Å². The molecule has 0 aromatic heterocycles. The van der Waals surface area contributed by atoms with Gasteiger partial charge in [-0.1, -0.05) is 0 Å². The summed E-state index contributed by atoms with van der Waals surface area (Å²) in [6.07, 6.45) is 0. The summed E-state index contributed by atoms with van der Waals surface area (Å²) in [4.78, 5) is 12.5. The summed E-state index contributed by atoms with van der Waals surface area (Å²) >= 11 is 0. The first-order valence-corrected chi connectivity index (χ1v) is 4.01. The van der Waals surface area contributed by atoms with E-state index < -0.39 is 5.97 Å². The van der Waals surface area contributed by atoms with Crippen molar-refractivity contribution in [1.29, 1.82) is 0 Å². The van der Waals surface area contributed by atoms with E-state index in [2.05, 4.69) is 4.90 Å². The number of carboxylic acids is 1. The number of carboxylic acid groups (broad SMARTS) is 1. The third-order valence-electron chi connectivity index (χ3n) is 2.34. The van der Waals surface area contributed by atoms with Crippen LogP contribution in [0.2, 0.25) is 0 Å². The van der Waals surface area contributed by atoms with E-state index in [0.717, 1.165) is 5.84 Å². The molecule has 4 heteroatoms. The van der Waals surface area contributed by atoms with Gasteiger partial charge in [0.15, 0.2) is 0 Å². The number of aliphatic carboxylic acids is 1. The van der Waals surface area contributed by atoms with Gasteiger partial charge in [0.05, 0.1) is 14.1 Å². The third-order valence-corrected chi connectivity index (χ3v) is 2.34. The van der Waals surface area contributed by atoms with E-state index in [-0.39, 0.29) is 5.92 Å². The van der Waals surface area contributed by atoms with Crippen molar-refractivity contribution in [3.8, 4) is 0 Å². The Morgan fingerprint density at radius 1 is 1.50 bits per heavy atom. The van der Waals surface area contributed by atoms with Gasteiger partial charge < -0.3 is 5.11 Å². The van der Waals surface area contributed by atoms with Crippen LogP contribution in [0.25, 0.3) is 0 Å². The van der Waals surface area contributed by atoms with Crippen LogP contribution in [-0.4, -0.2) is 53.6 Å². The first-order chi connectivity index (χ1) is 5.52. The van der Waals surface area contributed by atoms with Crippen molar-refractivity contribution >= 4 is 11.8 Å². The number of hydrogen-bond acceptors (Lipinski definition) is 1. The topological polar surface area (TPSA) is 43.6 Å². The van der Waals surface area contributed by atoms with Gasteiger partial charge >= 0.3 is 5.97 Å². The van der Waals surface area contributed by atoms with Crippen LogP contribution in [0.1, 0.15) is 6.92 Å². The Kier molecular flexibility index (Phi) is 2.35. The van der Waals surface area contributed by atoms with Gasteiger partial charge in [-0.2, -0.15) is 0 Å². The van der Waals surface area contributed by atoms with E-state index in [9.17, 15) is 4.79 Å². The van der Waals surface area contributed by atoms with E-state index in [4.69, 9.17) is 5.11 Å². The van der Waals surface area contributed by atoms with Crippen molar-refractivity contribution in [2.75, 3.05) is 27.2 Å². The lowest BCUT2D eigenvalue weighted by Gasteiger charge is -2.31. The summed E-state index contributed by atoms with van der Waals surface area (Å²) < 4.78 is 2.00. The Morgan fingerprint density at radius 3 is 2.33 bits per heavy atom. The number of hydrogen-bond donors (Lipinski definition) is 1. The number of amidine groups is 1. The monoisotopic (exact) mass is 171 g/mol. The second-order valence-electron chi connectivity index (χ2n) is 3.38. The van der Waals surface area contributed by atoms with Crippen LogP contribution in [0.15, 0.2) is 0 Å². The predicted molar refractivity (Wildman–Crippen MR) is 45.5 cm³/mol. The number of nitrogens with zero attached hydrogens (tertiary/aromatic N) is 2. The van der Waals surface area contributed by atoms with Gasteiger partial charge in [-0.05, 0) is 0 Å². The van der Waals surface area contributed by atoms with Crippen LogP contribution in [0.3, 0.4) is 0 Å². The van der Waals surface area contributed by atoms with Gasteiger partial charge in [-0.25, -0.2) is 0 Å². The molecule has 0 atom stereocenters. The van der Waals surface area contributed by atoms with Crippen LogP contribution in [-0.2, 0) is 4.79 Å². The average Bonchev–Trinajstić information content (AvgIpc) is 1.82. The van der Waals surface area contributed by atoms with E-state index >= 15 is 0 Å². The SMILES string of the molecule is CC(N1CC(C(=O)O)C1)=[N+](C)C. The minimum atomic E-state index is -0.683. The normalized spacial score (nSPS) is 17.1. The summed E-state index contributed by atoms with van der Waals surface area (Å²) in [6.45, 7) is 3.30. The highest BCUT2D eigenvalue weighted by molar-refractivity contribution is 5.79. The van der Waals surface area contributed by atoms with Gasteiger partial charge in [-0.3, -0.25) is 14.3 Å². The van der Waals surface area contributed by atoms with Crippen molar-refractivity contribution in [1.82, 2.24) is 4.90 Å². The van der Waals surface area contributed by atoms with Gasteiger partial charge in [0.2, 0.25) is 5.84 Å². The minimum Gasteiger partial charge on any atom is -0.481 e. The number of carbonyl (C=O) groups is 1. The van der Waals surface area contributed by atoms with Crippen molar-refractivity contribution in [3.63, 3.8) is 0 Å². The largest absolute Gasteiger partial charge is 0.481 e. The van der Waals surface area contributed by atoms with Crippen molar-refractivity contribution < 1.29 is 14.5 Å². The molecule has 0 unspecified atom stereocenters. The van der Waals surface area contributed by atoms with Crippen molar-refractivity contribution in [2.24, 2.45) is 5.92 Å². The summed E-state index contributed by atoms with van der Waals surface area (Å²) in [5.74, 6) is 0.283. The molecule has 1 aliphatic heterocycles. The molecule has 1 fully saturated rings. The standard InChI is InChI=1S/C8H14N2O2/c1-6(9(2)3)10-4-7(5-10)8(11)12/h7H,4-5H2,1-3H3/p+1. The lowest BCUT2D eigenvalue weighted by atomic mass is 10.0. The van der Waals surface area contributed by atoms with E-state index in [0.29, 0.717) is 13.1 Å². The van der Waals surface area contributed by atoms with Gasteiger partial charge in [0.25, 0.3) is 0 Å². The zero-order valence-electron chi connectivity index (χ0n) is 7.74. The predicted octanol–water partition coefficient (Wildman–Crippen LogP) is -0.307. The summed E-state index contributed by atoms with van der Waals surface area (Å²) in [6, 6.07) is 0. The average molecular weight is 171 g/mol. The molecule has 0 amide bonds. The Bertz CT molecular complexity index is 225. The molecule has 1 saturated heterocycles. The molecule has 4 nitrogen and oxygen atoms in total. The fourth-order valence-electron chi connectivity index (χ4n) is 1.18. The van der Waals surface area contributed by atoms with Crippen LogP contribution in [0.4, 0.5) is 0 Å². The molecule has 1 aliphatic rings. The second-order valence-corrected chi connectivity index (χ2v) is 3.38. The molecule has 12 heavy (non-hydrogen) atoms. The maximum absolute atomic E-state index is 10.5. The van der Waals surface area contributed by atoms with Crippen LogP contribution in [0.5, 0.6) is 0 Å². The van der Waals surface area contributed by atoms with E-state index in [1.54, 1.807) is 0 Å². The molecule has 1 N–H and O–H groups in total. The number of likely N-dealkylation sites (tertiary alicyclic amines) is 1. The molecule has 1 heterocycles. The quantitative estimate of drug-likeness (QED) is 0.334. The molecule has 0 aromatic rings. The highest BCUT2D eigenvalue weighted by Crippen LogP contribution is 2.15. The first kappa shape index (κ1) is 9.03. The zero-order valence-corrected chi connectivity index (χ0v) is 7.74. The molecule has 1 rings (SSSR count). The van der Waals surface area contributed by atoms with Gasteiger partial charge in [0, 0.05) is 6.92 Å². The minimum absolute atomic E-state index is 0.167. The molecule has 0 saturated carbocycles. The first-order valence-electron chi connectivity index (χ1n) is 4.01. The fraction of sp³-hybridized carbons (Fsp3) is 0.750. The molecular formula is C8H15N2O2+. The lowest BCUT2D eigenvalue weighted by Crippen LogP contribution is -2.53. The molecule has 68 valence electrons. The molecule has 0 aliphatic carbocycles. The maximum Gasteiger partial charge on any atom is 0.314 e. The molecule has 0 radical (unpaired) electrons. The smallest absolute Gasteiger partial charge is 0.314 e. The Balaban J connectivity index is 2.45. The molecular weight excluding hydrogens is 156 g/mol. The molecule has 0 spiro atoms. The summed E-state index contributed by atoms with van der Waals surface area (Å²) in [5, 5.41) is 8.62. The maximum atomic E-state index is 10.5. The van der Waals surface area contributed by atoms with Crippen LogP contribution < -0.4 is 0 Å². The second kappa shape index (κ2) is 3.13. The van der Waals surface area contributed by atoms with Gasteiger partial charge in [-0.15, -0.1) is 0 Å². The number of rotatable bonds is 1. The van der Waals surface area contributed by atoms with Crippen LogP contribution in [0, 0.1) is 5.92 Å². The highest BCUT2D eigenvalue weighted by atomic mass is 16.4. The molecule has 0 aromatic carbocycles. The zero-order chi connectivity index (χ0) is 9.30. The lowest BCUT2D eigenvalue weighted by molar-refractivity contribution is -0.471. The van der Waals surface area contributed by atoms with Crippen molar-refractivity contribution in [2.45, 2.75) is 6.92 Å². The fourth-order valence-corrected chi connectivity index (χ4v) is 1.18. The summed E-state index contributed by atoms with van der Waals surface area (Å²) in [5.41, 5.74) is 0. The highest BCUT2D eigenvalue weighted by Gasteiger charge is 2.39. The van der Waals surface area contributed by atoms with Crippen LogP contribution >= 0.6 is 0 Å². The van der Waals surface area contributed by atoms with Gasteiger partial charge in [0.1, 0.15) is 19.0 Å². The van der Waals surface area contributed by atoms with E-state index in [1.807, 2.05) is 25.6 Å². The summed E-state index contributed by atoms with van der Waals surface area (Å²) in [7, 11) is 3.92. The Morgan fingerprint density at radius 2 is 2.00 bits per heavy atom. The van der Waals surface area contributed by atoms with E-state index in [1.165, 1.54) is 0 Å². The Hall–Kier alpha value is -1.06.